The highest BCUT2D eigenvalue weighted by Crippen LogP contribution is 2.28. The monoisotopic (exact) mass is 295 g/mol. The van der Waals surface area contributed by atoms with Gasteiger partial charge in [0, 0.05) is 25.3 Å². The van der Waals surface area contributed by atoms with Crippen LogP contribution in [0.25, 0.3) is 0 Å². The first-order valence-electron chi connectivity index (χ1n) is 7.27. The van der Waals surface area contributed by atoms with E-state index in [4.69, 9.17) is 0 Å². The van der Waals surface area contributed by atoms with E-state index < -0.39 is 10.0 Å². The average molecular weight is 295 g/mol. The van der Waals surface area contributed by atoms with Gasteiger partial charge in [-0.15, -0.1) is 0 Å². The van der Waals surface area contributed by atoms with Gasteiger partial charge in [-0.2, -0.15) is 0 Å². The second-order valence-electron chi connectivity index (χ2n) is 5.76. The van der Waals surface area contributed by atoms with Crippen LogP contribution in [0.1, 0.15) is 31.4 Å². The third-order valence-corrected chi connectivity index (χ3v) is 5.92. The molecule has 3 rings (SSSR count). The summed E-state index contributed by atoms with van der Waals surface area (Å²) in [6.07, 6.45) is 5.40. The lowest BCUT2D eigenvalue weighted by atomic mass is 10.1. The number of aromatic nitrogens is 1. The number of piperidine rings is 1. The molecular formula is C14H21N3O2S. The molecule has 1 aliphatic carbocycles. The van der Waals surface area contributed by atoms with Crippen molar-refractivity contribution < 1.29 is 8.42 Å². The summed E-state index contributed by atoms with van der Waals surface area (Å²) in [4.78, 5) is 6.61. The molecule has 1 aromatic heterocycles. The van der Waals surface area contributed by atoms with E-state index in [0.717, 1.165) is 51.0 Å². The highest BCUT2D eigenvalue weighted by atomic mass is 32.2. The van der Waals surface area contributed by atoms with Crippen LogP contribution < -0.4 is 4.72 Å². The van der Waals surface area contributed by atoms with Crippen molar-refractivity contribution in [3.05, 3.63) is 30.1 Å². The molecular weight excluding hydrogens is 274 g/mol. The molecule has 110 valence electrons. The Morgan fingerprint density at radius 2 is 2.15 bits per heavy atom. The molecule has 0 radical (unpaired) electrons. The highest BCUT2D eigenvalue weighted by molar-refractivity contribution is 7.90. The Balaban J connectivity index is 1.56. The maximum atomic E-state index is 12.0. The fourth-order valence-electron chi connectivity index (χ4n) is 2.72. The molecule has 0 spiro atoms. The minimum atomic E-state index is -3.08. The van der Waals surface area contributed by atoms with Gasteiger partial charge in [0.15, 0.2) is 0 Å². The van der Waals surface area contributed by atoms with Crippen LogP contribution in [-0.4, -0.2) is 42.7 Å². The quantitative estimate of drug-likeness (QED) is 0.884. The zero-order valence-electron chi connectivity index (χ0n) is 11.5. The van der Waals surface area contributed by atoms with E-state index in [-0.39, 0.29) is 11.3 Å². The van der Waals surface area contributed by atoms with E-state index in [1.54, 1.807) is 6.20 Å². The number of nitrogens with zero attached hydrogens (tertiary/aromatic N) is 2. The van der Waals surface area contributed by atoms with Gasteiger partial charge in [0.25, 0.3) is 0 Å². The predicted octanol–water partition coefficient (Wildman–Crippen LogP) is 1.13. The molecule has 2 fully saturated rings. The normalized spacial score (nSPS) is 24.7. The third-order valence-electron chi connectivity index (χ3n) is 3.91. The van der Waals surface area contributed by atoms with E-state index in [1.807, 2.05) is 18.2 Å². The summed E-state index contributed by atoms with van der Waals surface area (Å²) in [6.45, 7) is 2.59. The molecule has 1 unspecified atom stereocenters. The first-order chi connectivity index (χ1) is 9.63. The predicted molar refractivity (Wildman–Crippen MR) is 77.6 cm³/mol. The summed E-state index contributed by atoms with van der Waals surface area (Å²) >= 11 is 0. The van der Waals surface area contributed by atoms with Crippen LogP contribution >= 0.6 is 0 Å². The molecule has 0 bridgehead atoms. The summed E-state index contributed by atoms with van der Waals surface area (Å²) < 4.78 is 26.9. The zero-order valence-corrected chi connectivity index (χ0v) is 12.3. The molecule has 2 aliphatic rings. The van der Waals surface area contributed by atoms with Crippen molar-refractivity contribution in [3.63, 3.8) is 0 Å². The molecule has 6 heteroatoms. The molecule has 5 nitrogen and oxygen atoms in total. The van der Waals surface area contributed by atoms with Crippen molar-refractivity contribution in [2.75, 3.05) is 13.1 Å². The minimum absolute atomic E-state index is 0.0538. The summed E-state index contributed by atoms with van der Waals surface area (Å²) in [5.41, 5.74) is 1.04. The fourth-order valence-corrected chi connectivity index (χ4v) is 4.33. The van der Waals surface area contributed by atoms with E-state index in [9.17, 15) is 8.42 Å². The van der Waals surface area contributed by atoms with E-state index in [2.05, 4.69) is 14.6 Å². The van der Waals surface area contributed by atoms with Crippen molar-refractivity contribution in [1.82, 2.24) is 14.6 Å². The molecule has 1 aromatic rings. The molecule has 2 heterocycles. The van der Waals surface area contributed by atoms with Gasteiger partial charge >= 0.3 is 0 Å². The van der Waals surface area contributed by atoms with E-state index in [0.29, 0.717) is 0 Å². The largest absolute Gasteiger partial charge is 0.296 e. The molecule has 1 saturated carbocycles. The summed E-state index contributed by atoms with van der Waals surface area (Å²) in [7, 11) is -3.08. The second kappa shape index (κ2) is 5.79. The Hall–Kier alpha value is -0.980. The minimum Gasteiger partial charge on any atom is -0.296 e. The van der Waals surface area contributed by atoms with Crippen molar-refractivity contribution in [2.24, 2.45) is 0 Å². The molecule has 0 amide bonds. The maximum absolute atomic E-state index is 12.0. The Morgan fingerprint density at radius 1 is 1.30 bits per heavy atom. The Kier molecular flexibility index (Phi) is 4.05. The summed E-state index contributed by atoms with van der Waals surface area (Å²) in [5.74, 6) is 0. The molecule has 1 saturated heterocycles. The lowest BCUT2D eigenvalue weighted by Gasteiger charge is -2.32. The van der Waals surface area contributed by atoms with Crippen LogP contribution in [0.2, 0.25) is 0 Å². The number of likely N-dealkylation sites (tertiary alicyclic amines) is 1. The van der Waals surface area contributed by atoms with Crippen molar-refractivity contribution >= 4 is 10.0 Å². The summed E-state index contributed by atoms with van der Waals surface area (Å²) in [6, 6.07) is 5.96. The molecule has 0 aromatic carbocycles. The number of hydrogen-bond acceptors (Lipinski definition) is 4. The van der Waals surface area contributed by atoms with E-state index in [1.165, 1.54) is 0 Å². The van der Waals surface area contributed by atoms with Crippen molar-refractivity contribution in [2.45, 2.75) is 43.5 Å². The summed E-state index contributed by atoms with van der Waals surface area (Å²) in [5, 5.41) is -0.131. The molecule has 1 atom stereocenters. The second-order valence-corrected chi connectivity index (χ2v) is 7.75. The average Bonchev–Trinajstić information content (AvgIpc) is 3.24. The maximum Gasteiger partial charge on any atom is 0.214 e. The van der Waals surface area contributed by atoms with Crippen LogP contribution in [-0.2, 0) is 16.6 Å². The van der Waals surface area contributed by atoms with Gasteiger partial charge in [0.2, 0.25) is 10.0 Å². The van der Waals surface area contributed by atoms with Crippen molar-refractivity contribution in [3.8, 4) is 0 Å². The molecule has 20 heavy (non-hydrogen) atoms. The number of sulfonamides is 1. The lowest BCUT2D eigenvalue weighted by molar-refractivity contribution is 0.192. The Morgan fingerprint density at radius 3 is 2.85 bits per heavy atom. The fraction of sp³-hybridized carbons (Fsp3) is 0.643. The van der Waals surface area contributed by atoms with Crippen LogP contribution in [0, 0.1) is 0 Å². The molecule has 1 N–H and O–H groups in total. The lowest BCUT2D eigenvalue weighted by Crippen LogP contribution is -2.48. The van der Waals surface area contributed by atoms with Gasteiger partial charge in [-0.05, 0) is 44.4 Å². The van der Waals surface area contributed by atoms with Crippen LogP contribution in [0.3, 0.4) is 0 Å². The topological polar surface area (TPSA) is 62.3 Å². The van der Waals surface area contributed by atoms with Crippen molar-refractivity contribution in [1.29, 1.82) is 0 Å². The SMILES string of the molecule is O=S(=O)(NC1CCCN(Cc2ccccn2)C1)C1CC1. The van der Waals surface area contributed by atoms with Gasteiger partial charge in [-0.25, -0.2) is 13.1 Å². The van der Waals surface area contributed by atoms with Crippen LogP contribution in [0.15, 0.2) is 24.4 Å². The molecule has 1 aliphatic heterocycles. The third kappa shape index (κ3) is 3.56. The van der Waals surface area contributed by atoms with Crippen LogP contribution in [0.5, 0.6) is 0 Å². The Bertz CT molecular complexity index is 543. The van der Waals surface area contributed by atoms with Crippen LogP contribution in [0.4, 0.5) is 0 Å². The van der Waals surface area contributed by atoms with E-state index >= 15 is 0 Å². The zero-order chi connectivity index (χ0) is 14.0. The number of rotatable bonds is 5. The number of pyridine rings is 1. The first-order valence-corrected chi connectivity index (χ1v) is 8.81. The van der Waals surface area contributed by atoms with Gasteiger partial charge in [0.05, 0.1) is 10.9 Å². The Labute approximate surface area is 120 Å². The highest BCUT2D eigenvalue weighted by Gasteiger charge is 2.37. The number of nitrogens with one attached hydrogen (secondary N) is 1. The van der Waals surface area contributed by atoms with Gasteiger partial charge in [-0.3, -0.25) is 9.88 Å². The first kappa shape index (κ1) is 14.0. The smallest absolute Gasteiger partial charge is 0.214 e. The van der Waals surface area contributed by atoms with Gasteiger partial charge < -0.3 is 0 Å². The van der Waals surface area contributed by atoms with Gasteiger partial charge in [-0.1, -0.05) is 6.07 Å². The van der Waals surface area contributed by atoms with Gasteiger partial charge in [0.1, 0.15) is 0 Å². The standard InChI is InChI=1S/C14H21N3O2S/c18-20(19,14-6-7-14)16-13-5-3-9-17(11-13)10-12-4-1-2-8-15-12/h1-2,4,8,13-14,16H,3,5-7,9-11H2. The number of hydrogen-bond donors (Lipinski definition) is 1.